The van der Waals surface area contributed by atoms with Gasteiger partial charge >= 0.3 is 6.03 Å². The third-order valence-electron chi connectivity index (χ3n) is 4.19. The molecule has 1 atom stereocenters. The Bertz CT molecular complexity index is 483. The third-order valence-corrected chi connectivity index (χ3v) is 4.19. The topological polar surface area (TPSA) is 53.4 Å². The van der Waals surface area contributed by atoms with Gasteiger partial charge in [0.25, 0.3) is 0 Å². The van der Waals surface area contributed by atoms with Crippen LogP contribution in [-0.4, -0.2) is 58.8 Å². The highest BCUT2D eigenvalue weighted by Gasteiger charge is 2.27. The van der Waals surface area contributed by atoms with E-state index in [1.807, 2.05) is 15.6 Å². The molecule has 1 fully saturated rings. The Morgan fingerprint density at radius 1 is 1.45 bits per heavy atom. The second kappa shape index (κ2) is 7.63. The zero-order valence-electron chi connectivity index (χ0n) is 14.2. The van der Waals surface area contributed by atoms with Crippen molar-refractivity contribution >= 4 is 11.8 Å². The summed E-state index contributed by atoms with van der Waals surface area (Å²) in [6.07, 6.45) is 6.17. The molecule has 0 aromatic carbocycles. The fourth-order valence-electron chi connectivity index (χ4n) is 2.98. The molecule has 124 valence electrons. The van der Waals surface area contributed by atoms with Crippen molar-refractivity contribution < 1.29 is 4.79 Å². The first-order valence-corrected chi connectivity index (χ1v) is 8.25. The Morgan fingerprint density at radius 3 is 2.91 bits per heavy atom. The SMILES string of the molecule is CC(C)n1nccc1NC(=O)N1CCCC[C@H]1CCN(C)C. The van der Waals surface area contributed by atoms with Crippen LogP contribution in [0.25, 0.3) is 0 Å². The van der Waals surface area contributed by atoms with E-state index in [0.717, 1.165) is 38.2 Å². The van der Waals surface area contributed by atoms with E-state index in [1.165, 1.54) is 6.42 Å². The van der Waals surface area contributed by atoms with E-state index < -0.39 is 0 Å². The quantitative estimate of drug-likeness (QED) is 0.910. The maximum atomic E-state index is 12.7. The molecule has 0 aliphatic carbocycles. The molecule has 1 aromatic heterocycles. The number of hydrogen-bond donors (Lipinski definition) is 1. The fraction of sp³-hybridized carbons (Fsp3) is 0.750. The Hall–Kier alpha value is -1.56. The first kappa shape index (κ1) is 16.8. The highest BCUT2D eigenvalue weighted by Crippen LogP contribution is 2.22. The first-order chi connectivity index (χ1) is 10.5. The first-order valence-electron chi connectivity index (χ1n) is 8.25. The van der Waals surface area contributed by atoms with Crippen LogP contribution in [0.1, 0.15) is 45.6 Å². The number of nitrogens with one attached hydrogen (secondary N) is 1. The smallest absolute Gasteiger partial charge is 0.321 e. The summed E-state index contributed by atoms with van der Waals surface area (Å²) < 4.78 is 1.84. The van der Waals surface area contributed by atoms with Crippen LogP contribution in [0.4, 0.5) is 10.6 Å². The van der Waals surface area contributed by atoms with E-state index in [1.54, 1.807) is 6.20 Å². The predicted octanol–water partition coefficient (Wildman–Crippen LogP) is 2.80. The van der Waals surface area contributed by atoms with Crippen LogP contribution in [0.3, 0.4) is 0 Å². The van der Waals surface area contributed by atoms with Gasteiger partial charge in [-0.15, -0.1) is 0 Å². The van der Waals surface area contributed by atoms with Crippen molar-refractivity contribution in [2.24, 2.45) is 0 Å². The molecule has 0 saturated carbocycles. The van der Waals surface area contributed by atoms with E-state index in [9.17, 15) is 4.79 Å². The average Bonchev–Trinajstić information content (AvgIpc) is 2.93. The van der Waals surface area contributed by atoms with Crippen molar-refractivity contribution in [2.45, 2.75) is 51.6 Å². The van der Waals surface area contributed by atoms with Gasteiger partial charge in [-0.05, 0) is 60.2 Å². The van der Waals surface area contributed by atoms with Crippen LogP contribution in [-0.2, 0) is 0 Å². The molecule has 0 bridgehead atoms. The Kier molecular flexibility index (Phi) is 5.83. The lowest BCUT2D eigenvalue weighted by atomic mass is 9.99. The number of hydrogen-bond acceptors (Lipinski definition) is 3. The van der Waals surface area contributed by atoms with Gasteiger partial charge in [0.15, 0.2) is 0 Å². The van der Waals surface area contributed by atoms with Crippen molar-refractivity contribution in [1.82, 2.24) is 19.6 Å². The molecule has 0 unspecified atom stereocenters. The lowest BCUT2D eigenvalue weighted by Gasteiger charge is -2.36. The second-order valence-electron chi connectivity index (χ2n) is 6.62. The Balaban J connectivity index is 2.00. The molecule has 2 rings (SSSR count). The number of nitrogens with zero attached hydrogens (tertiary/aromatic N) is 4. The molecule has 2 heterocycles. The molecular weight excluding hydrogens is 278 g/mol. The zero-order chi connectivity index (χ0) is 16.1. The zero-order valence-corrected chi connectivity index (χ0v) is 14.2. The van der Waals surface area contributed by atoms with Gasteiger partial charge in [-0.25, -0.2) is 9.48 Å². The van der Waals surface area contributed by atoms with E-state index in [2.05, 4.69) is 43.3 Å². The van der Waals surface area contributed by atoms with Crippen LogP contribution >= 0.6 is 0 Å². The fourth-order valence-corrected chi connectivity index (χ4v) is 2.98. The van der Waals surface area contributed by atoms with Crippen LogP contribution in [0, 0.1) is 0 Å². The molecule has 6 nitrogen and oxygen atoms in total. The number of urea groups is 1. The highest BCUT2D eigenvalue weighted by molar-refractivity contribution is 5.88. The lowest BCUT2D eigenvalue weighted by Crippen LogP contribution is -2.47. The van der Waals surface area contributed by atoms with Gasteiger partial charge in [0, 0.05) is 24.7 Å². The van der Waals surface area contributed by atoms with E-state index in [0.29, 0.717) is 6.04 Å². The van der Waals surface area contributed by atoms with Crippen LogP contribution in [0.5, 0.6) is 0 Å². The number of aromatic nitrogens is 2. The summed E-state index contributed by atoms with van der Waals surface area (Å²) >= 11 is 0. The number of likely N-dealkylation sites (tertiary alicyclic amines) is 1. The Labute approximate surface area is 133 Å². The second-order valence-corrected chi connectivity index (χ2v) is 6.62. The normalized spacial score (nSPS) is 19.0. The largest absolute Gasteiger partial charge is 0.323 e. The minimum absolute atomic E-state index is 0.00542. The van der Waals surface area contributed by atoms with Gasteiger partial charge in [-0.2, -0.15) is 5.10 Å². The molecule has 6 heteroatoms. The average molecular weight is 307 g/mol. The molecule has 0 radical (unpaired) electrons. The number of rotatable bonds is 5. The summed E-state index contributed by atoms with van der Waals surface area (Å²) in [5, 5.41) is 7.30. The number of piperidine rings is 1. The van der Waals surface area contributed by atoms with Crippen LogP contribution in [0.2, 0.25) is 0 Å². The summed E-state index contributed by atoms with van der Waals surface area (Å²) in [5.74, 6) is 0.775. The van der Waals surface area contributed by atoms with Gasteiger partial charge in [-0.1, -0.05) is 0 Å². The number of carbonyl (C=O) groups is 1. The molecule has 2 amide bonds. The summed E-state index contributed by atoms with van der Waals surface area (Å²) in [6, 6.07) is 2.44. The monoisotopic (exact) mass is 307 g/mol. The van der Waals surface area contributed by atoms with Crippen molar-refractivity contribution in [3.63, 3.8) is 0 Å². The van der Waals surface area contributed by atoms with E-state index >= 15 is 0 Å². The standard InChI is InChI=1S/C16H29N5O/c1-13(2)21-15(8-10-17-21)18-16(22)20-11-6-5-7-14(20)9-12-19(3)4/h8,10,13-14H,5-7,9,11-12H2,1-4H3,(H,18,22)/t14-/m0/s1. The molecule has 1 aromatic rings. The van der Waals surface area contributed by atoms with Crippen molar-refractivity contribution in [1.29, 1.82) is 0 Å². The van der Waals surface area contributed by atoms with E-state index in [4.69, 9.17) is 0 Å². The minimum atomic E-state index is 0.00542. The minimum Gasteiger partial charge on any atom is -0.321 e. The molecule has 0 spiro atoms. The predicted molar refractivity (Wildman–Crippen MR) is 89.1 cm³/mol. The molecule has 1 saturated heterocycles. The van der Waals surface area contributed by atoms with Crippen LogP contribution < -0.4 is 5.32 Å². The van der Waals surface area contributed by atoms with Gasteiger partial charge in [0.1, 0.15) is 5.82 Å². The van der Waals surface area contributed by atoms with Crippen molar-refractivity contribution in [3.8, 4) is 0 Å². The summed E-state index contributed by atoms with van der Waals surface area (Å²) in [6.45, 7) is 5.98. The summed E-state index contributed by atoms with van der Waals surface area (Å²) in [4.78, 5) is 16.8. The maximum Gasteiger partial charge on any atom is 0.323 e. The number of carbonyl (C=O) groups excluding carboxylic acids is 1. The maximum absolute atomic E-state index is 12.7. The molecule has 1 aliphatic heterocycles. The van der Waals surface area contributed by atoms with Gasteiger partial charge in [0.2, 0.25) is 0 Å². The number of anilines is 1. The molecular formula is C16H29N5O. The molecule has 1 N–H and O–H groups in total. The summed E-state index contributed by atoms with van der Waals surface area (Å²) in [7, 11) is 4.16. The highest BCUT2D eigenvalue weighted by atomic mass is 16.2. The number of amides is 2. The third kappa shape index (κ3) is 4.22. The van der Waals surface area contributed by atoms with Crippen molar-refractivity contribution in [3.05, 3.63) is 12.3 Å². The van der Waals surface area contributed by atoms with Gasteiger partial charge in [-0.3, -0.25) is 5.32 Å². The molecule has 1 aliphatic rings. The lowest BCUT2D eigenvalue weighted by molar-refractivity contribution is 0.152. The van der Waals surface area contributed by atoms with Crippen molar-refractivity contribution in [2.75, 3.05) is 32.5 Å². The summed E-state index contributed by atoms with van der Waals surface area (Å²) in [5.41, 5.74) is 0. The van der Waals surface area contributed by atoms with E-state index in [-0.39, 0.29) is 12.1 Å². The van der Waals surface area contributed by atoms with Crippen LogP contribution in [0.15, 0.2) is 12.3 Å². The Morgan fingerprint density at radius 2 is 2.23 bits per heavy atom. The van der Waals surface area contributed by atoms with Gasteiger partial charge in [0.05, 0.1) is 6.20 Å². The van der Waals surface area contributed by atoms with Gasteiger partial charge < -0.3 is 9.80 Å². The molecule has 22 heavy (non-hydrogen) atoms.